The summed E-state index contributed by atoms with van der Waals surface area (Å²) in [5.74, 6) is 0.856. The van der Waals surface area contributed by atoms with Gasteiger partial charge in [-0.25, -0.2) is 4.98 Å². The van der Waals surface area contributed by atoms with E-state index in [0.29, 0.717) is 5.69 Å². The molecule has 0 atom stereocenters. The monoisotopic (exact) mass is 219 g/mol. The van der Waals surface area contributed by atoms with Gasteiger partial charge in [0.25, 0.3) is 0 Å². The second-order valence-corrected chi connectivity index (χ2v) is 4.15. The minimum absolute atomic E-state index is 0.687. The van der Waals surface area contributed by atoms with Gasteiger partial charge in [0.1, 0.15) is 5.82 Å². The molecule has 0 aliphatic rings. The second-order valence-electron chi connectivity index (χ2n) is 3.41. The van der Waals surface area contributed by atoms with Crippen molar-refractivity contribution in [3.05, 3.63) is 40.2 Å². The van der Waals surface area contributed by atoms with Crippen LogP contribution in [0.2, 0.25) is 0 Å². The molecule has 2 rings (SSSR count). The molecule has 4 heteroatoms. The number of aromatic nitrogens is 1. The molecule has 0 aliphatic heterocycles. The summed E-state index contributed by atoms with van der Waals surface area (Å²) in [6, 6.07) is 3.73. The first kappa shape index (κ1) is 9.98. The third kappa shape index (κ3) is 2.47. The molecule has 2 heterocycles. The molecule has 3 nitrogen and oxygen atoms in total. The molecule has 2 aromatic rings. The molecule has 0 radical (unpaired) electrons. The molecule has 0 fully saturated rings. The predicted molar refractivity (Wildman–Crippen MR) is 65.0 cm³/mol. The highest BCUT2D eigenvalue weighted by molar-refractivity contribution is 7.08. The molecule has 0 aromatic carbocycles. The summed E-state index contributed by atoms with van der Waals surface area (Å²) in [5, 5.41) is 7.55. The molecule has 0 saturated carbocycles. The number of nitrogens with zero attached hydrogens (tertiary/aromatic N) is 1. The standard InChI is InChI=1S/C11H13N3S/c1-8-6-15-7-9(8)4-13-11-3-2-10(12)5-14-11/h2-3,5-7H,4,12H2,1H3,(H,13,14). The van der Waals surface area contributed by atoms with Crippen molar-refractivity contribution in [3.8, 4) is 0 Å². The van der Waals surface area contributed by atoms with Crippen molar-refractivity contribution in [3.63, 3.8) is 0 Å². The van der Waals surface area contributed by atoms with Gasteiger partial charge in [0.15, 0.2) is 0 Å². The van der Waals surface area contributed by atoms with Crippen molar-refractivity contribution in [2.24, 2.45) is 0 Å². The van der Waals surface area contributed by atoms with Gasteiger partial charge in [0.05, 0.1) is 11.9 Å². The Balaban J connectivity index is 1.99. The van der Waals surface area contributed by atoms with Gasteiger partial charge in [0.2, 0.25) is 0 Å². The summed E-state index contributed by atoms with van der Waals surface area (Å²) in [7, 11) is 0. The van der Waals surface area contributed by atoms with E-state index in [2.05, 4.69) is 28.0 Å². The Hall–Kier alpha value is -1.55. The maximum absolute atomic E-state index is 5.55. The number of nitrogens with two attached hydrogens (primary N) is 1. The lowest BCUT2D eigenvalue weighted by Crippen LogP contribution is -2.01. The van der Waals surface area contributed by atoms with E-state index >= 15 is 0 Å². The van der Waals surface area contributed by atoms with Gasteiger partial charge in [0, 0.05) is 6.54 Å². The van der Waals surface area contributed by atoms with E-state index in [1.807, 2.05) is 12.1 Å². The lowest BCUT2D eigenvalue weighted by Gasteiger charge is -2.04. The third-order valence-electron chi connectivity index (χ3n) is 2.21. The summed E-state index contributed by atoms with van der Waals surface area (Å²) < 4.78 is 0. The number of rotatable bonds is 3. The Morgan fingerprint density at radius 2 is 2.27 bits per heavy atom. The minimum Gasteiger partial charge on any atom is -0.397 e. The molecule has 78 valence electrons. The number of nitrogens with one attached hydrogen (secondary N) is 1. The Labute approximate surface area is 93.0 Å². The van der Waals surface area contributed by atoms with E-state index < -0.39 is 0 Å². The van der Waals surface area contributed by atoms with E-state index in [1.54, 1.807) is 17.5 Å². The van der Waals surface area contributed by atoms with E-state index in [1.165, 1.54) is 11.1 Å². The fraction of sp³-hybridized carbons (Fsp3) is 0.182. The SMILES string of the molecule is Cc1cscc1CNc1ccc(N)cn1. The van der Waals surface area contributed by atoms with Gasteiger partial charge in [-0.3, -0.25) is 0 Å². The molecule has 0 unspecified atom stereocenters. The highest BCUT2D eigenvalue weighted by atomic mass is 32.1. The molecule has 2 aromatic heterocycles. The van der Waals surface area contributed by atoms with Crippen LogP contribution in [-0.2, 0) is 6.54 Å². The van der Waals surface area contributed by atoms with E-state index in [9.17, 15) is 0 Å². The Morgan fingerprint density at radius 1 is 1.40 bits per heavy atom. The van der Waals surface area contributed by atoms with Crippen molar-refractivity contribution in [1.29, 1.82) is 0 Å². The predicted octanol–water partition coefficient (Wildman–Crippen LogP) is 2.65. The van der Waals surface area contributed by atoms with Gasteiger partial charge in [-0.05, 0) is 40.9 Å². The maximum atomic E-state index is 5.55. The highest BCUT2D eigenvalue weighted by Crippen LogP contribution is 2.15. The summed E-state index contributed by atoms with van der Waals surface area (Å²) in [4.78, 5) is 4.17. The normalized spacial score (nSPS) is 10.2. The van der Waals surface area contributed by atoms with Crippen LogP contribution in [0.25, 0.3) is 0 Å². The molecule has 0 bridgehead atoms. The Morgan fingerprint density at radius 3 is 2.87 bits per heavy atom. The van der Waals surface area contributed by atoms with E-state index in [-0.39, 0.29) is 0 Å². The molecular formula is C11H13N3S. The number of aryl methyl sites for hydroxylation is 1. The first-order valence-electron chi connectivity index (χ1n) is 4.73. The van der Waals surface area contributed by atoms with Gasteiger partial charge in [-0.15, -0.1) is 0 Å². The van der Waals surface area contributed by atoms with Crippen LogP contribution in [0.15, 0.2) is 29.1 Å². The maximum Gasteiger partial charge on any atom is 0.126 e. The number of hydrogen-bond donors (Lipinski definition) is 2. The number of nitrogen functional groups attached to an aromatic ring is 1. The number of hydrogen-bond acceptors (Lipinski definition) is 4. The molecule has 0 aliphatic carbocycles. The molecular weight excluding hydrogens is 206 g/mol. The number of pyridine rings is 1. The first-order valence-corrected chi connectivity index (χ1v) is 5.67. The van der Waals surface area contributed by atoms with Gasteiger partial charge in [-0.1, -0.05) is 0 Å². The number of thiophene rings is 1. The zero-order valence-corrected chi connectivity index (χ0v) is 9.34. The first-order chi connectivity index (χ1) is 7.25. The summed E-state index contributed by atoms with van der Waals surface area (Å²) in [6.45, 7) is 2.93. The average molecular weight is 219 g/mol. The molecule has 15 heavy (non-hydrogen) atoms. The van der Waals surface area contributed by atoms with Crippen molar-refractivity contribution in [2.75, 3.05) is 11.1 Å². The van der Waals surface area contributed by atoms with Crippen LogP contribution in [0.1, 0.15) is 11.1 Å². The largest absolute Gasteiger partial charge is 0.397 e. The quantitative estimate of drug-likeness (QED) is 0.834. The fourth-order valence-electron chi connectivity index (χ4n) is 1.26. The Bertz CT molecular complexity index is 433. The highest BCUT2D eigenvalue weighted by Gasteiger charge is 1.99. The molecule has 0 spiro atoms. The summed E-state index contributed by atoms with van der Waals surface area (Å²) >= 11 is 1.72. The van der Waals surface area contributed by atoms with Crippen LogP contribution in [0, 0.1) is 6.92 Å². The summed E-state index contributed by atoms with van der Waals surface area (Å²) in [6.07, 6.45) is 1.66. The van der Waals surface area contributed by atoms with E-state index in [0.717, 1.165) is 12.4 Å². The minimum atomic E-state index is 0.687. The zero-order valence-electron chi connectivity index (χ0n) is 8.53. The smallest absolute Gasteiger partial charge is 0.126 e. The van der Waals surface area contributed by atoms with Crippen LogP contribution in [0.4, 0.5) is 11.5 Å². The van der Waals surface area contributed by atoms with Crippen LogP contribution < -0.4 is 11.1 Å². The second kappa shape index (κ2) is 4.31. The lowest BCUT2D eigenvalue weighted by atomic mass is 10.2. The lowest BCUT2D eigenvalue weighted by molar-refractivity contribution is 1.10. The van der Waals surface area contributed by atoms with Crippen molar-refractivity contribution >= 4 is 22.8 Å². The topological polar surface area (TPSA) is 50.9 Å². The average Bonchev–Trinajstić information content (AvgIpc) is 2.63. The number of anilines is 2. The van der Waals surface area contributed by atoms with Crippen molar-refractivity contribution in [1.82, 2.24) is 4.98 Å². The van der Waals surface area contributed by atoms with Crippen molar-refractivity contribution < 1.29 is 0 Å². The van der Waals surface area contributed by atoms with Gasteiger partial charge in [-0.2, -0.15) is 11.3 Å². The van der Waals surface area contributed by atoms with Crippen LogP contribution >= 0.6 is 11.3 Å². The van der Waals surface area contributed by atoms with Crippen LogP contribution in [0.5, 0.6) is 0 Å². The summed E-state index contributed by atoms with van der Waals surface area (Å²) in [5.41, 5.74) is 8.88. The fourth-order valence-corrected chi connectivity index (χ4v) is 2.12. The molecule has 0 saturated heterocycles. The Kier molecular flexibility index (Phi) is 2.87. The molecule has 3 N–H and O–H groups in total. The molecule has 0 amide bonds. The van der Waals surface area contributed by atoms with Crippen molar-refractivity contribution in [2.45, 2.75) is 13.5 Å². The third-order valence-corrected chi connectivity index (χ3v) is 3.12. The van der Waals surface area contributed by atoms with Gasteiger partial charge >= 0.3 is 0 Å². The van der Waals surface area contributed by atoms with Crippen LogP contribution in [0.3, 0.4) is 0 Å². The van der Waals surface area contributed by atoms with E-state index in [4.69, 9.17) is 5.73 Å². The van der Waals surface area contributed by atoms with Crippen LogP contribution in [-0.4, -0.2) is 4.98 Å². The van der Waals surface area contributed by atoms with Gasteiger partial charge < -0.3 is 11.1 Å². The zero-order chi connectivity index (χ0) is 10.7.